The monoisotopic (exact) mass is 356 g/mol. The summed E-state index contributed by atoms with van der Waals surface area (Å²) in [5, 5.41) is 12.1. The van der Waals surface area contributed by atoms with Crippen LogP contribution in [0.15, 0.2) is 48.8 Å². The summed E-state index contributed by atoms with van der Waals surface area (Å²) in [4.78, 5) is 27.7. The zero-order chi connectivity index (χ0) is 18.4. The molecule has 7 heteroatoms. The molecule has 0 unspecified atom stereocenters. The van der Waals surface area contributed by atoms with Crippen LogP contribution in [-0.2, 0) is 9.53 Å². The number of amides is 1. The summed E-state index contributed by atoms with van der Waals surface area (Å²) in [6.45, 7) is 0.872. The van der Waals surface area contributed by atoms with Crippen LogP contribution in [0.4, 0.5) is 0 Å². The molecule has 0 aliphatic carbocycles. The molecule has 1 aliphatic rings. The summed E-state index contributed by atoms with van der Waals surface area (Å²) in [5.41, 5.74) is -0.328. The summed E-state index contributed by atoms with van der Waals surface area (Å²) >= 11 is 0. The lowest BCUT2D eigenvalue weighted by atomic mass is 9.86. The van der Waals surface area contributed by atoms with Gasteiger partial charge in [0.1, 0.15) is 11.5 Å². The predicted molar refractivity (Wildman–Crippen MR) is 93.3 cm³/mol. The van der Waals surface area contributed by atoms with Gasteiger partial charge in [0, 0.05) is 25.0 Å². The van der Waals surface area contributed by atoms with E-state index in [9.17, 15) is 14.7 Å². The van der Waals surface area contributed by atoms with E-state index in [1.54, 1.807) is 48.8 Å². The lowest BCUT2D eigenvalue weighted by molar-refractivity contribution is -0.139. The van der Waals surface area contributed by atoms with Crippen LogP contribution < -0.4 is 10.1 Å². The number of hydrogen-bond donors (Lipinski definition) is 2. The molecular formula is C19H20N2O5. The van der Waals surface area contributed by atoms with Crippen LogP contribution in [0.3, 0.4) is 0 Å². The van der Waals surface area contributed by atoms with E-state index in [2.05, 4.69) is 10.3 Å². The van der Waals surface area contributed by atoms with Gasteiger partial charge < -0.3 is 19.9 Å². The third kappa shape index (κ3) is 4.58. The SMILES string of the molecule is O=C(O)CC1(NC(=O)c2ccc(Oc3cccnc3)cc2)CCOCC1. The fraction of sp³-hybridized carbons (Fsp3) is 0.316. The minimum Gasteiger partial charge on any atom is -0.481 e. The molecule has 26 heavy (non-hydrogen) atoms. The first kappa shape index (κ1) is 17.9. The number of ether oxygens (including phenoxy) is 2. The maximum atomic E-state index is 12.6. The van der Waals surface area contributed by atoms with Crippen LogP contribution in [0.1, 0.15) is 29.6 Å². The van der Waals surface area contributed by atoms with Gasteiger partial charge in [-0.1, -0.05) is 0 Å². The number of nitrogens with one attached hydrogen (secondary N) is 1. The highest BCUT2D eigenvalue weighted by molar-refractivity contribution is 5.95. The number of benzene rings is 1. The molecule has 2 heterocycles. The Morgan fingerprint density at radius 1 is 1.15 bits per heavy atom. The largest absolute Gasteiger partial charge is 0.481 e. The quantitative estimate of drug-likeness (QED) is 0.826. The summed E-state index contributed by atoms with van der Waals surface area (Å²) in [7, 11) is 0. The third-order valence-corrected chi connectivity index (χ3v) is 4.30. The summed E-state index contributed by atoms with van der Waals surface area (Å²) in [6, 6.07) is 10.2. The highest BCUT2D eigenvalue weighted by Gasteiger charge is 2.36. The van der Waals surface area contributed by atoms with E-state index in [-0.39, 0.29) is 12.3 Å². The zero-order valence-corrected chi connectivity index (χ0v) is 14.2. The van der Waals surface area contributed by atoms with E-state index in [1.807, 2.05) is 0 Å². The van der Waals surface area contributed by atoms with Crippen molar-refractivity contribution in [2.75, 3.05) is 13.2 Å². The summed E-state index contributed by atoms with van der Waals surface area (Å²) in [5.74, 6) is -0.0540. The van der Waals surface area contributed by atoms with E-state index in [1.165, 1.54) is 0 Å². The van der Waals surface area contributed by atoms with E-state index in [0.29, 0.717) is 43.1 Å². The first-order valence-electron chi connectivity index (χ1n) is 8.36. The molecule has 1 amide bonds. The van der Waals surface area contributed by atoms with E-state index < -0.39 is 11.5 Å². The number of pyridine rings is 1. The lowest BCUT2D eigenvalue weighted by Crippen LogP contribution is -2.53. The first-order chi connectivity index (χ1) is 12.6. The Morgan fingerprint density at radius 2 is 1.88 bits per heavy atom. The maximum Gasteiger partial charge on any atom is 0.305 e. The van der Waals surface area contributed by atoms with Gasteiger partial charge in [0.25, 0.3) is 5.91 Å². The van der Waals surface area contributed by atoms with E-state index in [4.69, 9.17) is 9.47 Å². The van der Waals surface area contributed by atoms with Gasteiger partial charge >= 0.3 is 5.97 Å². The van der Waals surface area contributed by atoms with Crippen LogP contribution in [0.5, 0.6) is 11.5 Å². The van der Waals surface area contributed by atoms with Gasteiger partial charge in [-0.3, -0.25) is 14.6 Å². The standard InChI is InChI=1S/C19H20N2O5/c22-17(23)12-19(7-10-25-11-8-19)21-18(24)14-3-5-15(6-4-14)26-16-2-1-9-20-13-16/h1-6,9,13H,7-8,10-12H2,(H,21,24)(H,22,23). The Labute approximate surface area is 151 Å². The topological polar surface area (TPSA) is 97.8 Å². The number of rotatable bonds is 6. The highest BCUT2D eigenvalue weighted by atomic mass is 16.5. The molecule has 136 valence electrons. The molecule has 2 N–H and O–H groups in total. The average Bonchev–Trinajstić information content (AvgIpc) is 2.63. The molecule has 3 rings (SSSR count). The number of hydrogen-bond acceptors (Lipinski definition) is 5. The Balaban J connectivity index is 1.67. The molecule has 0 bridgehead atoms. The van der Waals surface area contributed by atoms with Crippen molar-refractivity contribution in [1.82, 2.24) is 10.3 Å². The maximum absolute atomic E-state index is 12.6. The summed E-state index contributed by atoms with van der Waals surface area (Å²) < 4.78 is 10.9. The minimum atomic E-state index is -0.938. The van der Waals surface area contributed by atoms with Crippen LogP contribution >= 0.6 is 0 Å². The molecule has 0 atom stereocenters. The summed E-state index contributed by atoms with van der Waals surface area (Å²) in [6.07, 6.45) is 4.09. The van der Waals surface area contributed by atoms with Crippen LogP contribution in [0.25, 0.3) is 0 Å². The first-order valence-corrected chi connectivity index (χ1v) is 8.36. The Bertz CT molecular complexity index is 755. The fourth-order valence-electron chi connectivity index (χ4n) is 2.93. The number of carbonyl (C=O) groups is 2. The van der Waals surface area contributed by atoms with Crippen molar-refractivity contribution in [2.45, 2.75) is 24.8 Å². The zero-order valence-electron chi connectivity index (χ0n) is 14.2. The lowest BCUT2D eigenvalue weighted by Gasteiger charge is -2.36. The van der Waals surface area contributed by atoms with Gasteiger partial charge in [-0.2, -0.15) is 0 Å². The van der Waals surface area contributed by atoms with Crippen molar-refractivity contribution in [3.8, 4) is 11.5 Å². The number of aliphatic carboxylic acids is 1. The van der Waals surface area contributed by atoms with Crippen molar-refractivity contribution in [3.05, 3.63) is 54.4 Å². The Hall–Kier alpha value is -2.93. The van der Waals surface area contributed by atoms with Crippen LogP contribution in [-0.4, -0.2) is 40.7 Å². The molecule has 1 aliphatic heterocycles. The van der Waals surface area contributed by atoms with Crippen LogP contribution in [0.2, 0.25) is 0 Å². The molecule has 1 aromatic carbocycles. The van der Waals surface area contributed by atoms with Gasteiger partial charge in [0.2, 0.25) is 0 Å². The molecule has 2 aromatic rings. The van der Waals surface area contributed by atoms with Crippen molar-refractivity contribution in [3.63, 3.8) is 0 Å². The van der Waals surface area contributed by atoms with Crippen molar-refractivity contribution in [1.29, 1.82) is 0 Å². The fourth-order valence-corrected chi connectivity index (χ4v) is 2.93. The molecule has 1 aromatic heterocycles. The Kier molecular flexibility index (Phi) is 5.48. The number of carboxylic acid groups (broad SMARTS) is 1. The smallest absolute Gasteiger partial charge is 0.305 e. The number of nitrogens with zero attached hydrogens (tertiary/aromatic N) is 1. The van der Waals surface area contributed by atoms with Gasteiger partial charge in [0.05, 0.1) is 18.2 Å². The second-order valence-electron chi connectivity index (χ2n) is 6.23. The number of carbonyl (C=O) groups excluding carboxylic acids is 1. The van der Waals surface area contributed by atoms with Crippen molar-refractivity contribution >= 4 is 11.9 Å². The molecular weight excluding hydrogens is 336 g/mol. The molecule has 0 radical (unpaired) electrons. The average molecular weight is 356 g/mol. The molecule has 1 saturated heterocycles. The normalized spacial score (nSPS) is 15.8. The molecule has 1 fully saturated rings. The van der Waals surface area contributed by atoms with E-state index >= 15 is 0 Å². The molecule has 0 saturated carbocycles. The van der Waals surface area contributed by atoms with Gasteiger partial charge in [-0.15, -0.1) is 0 Å². The third-order valence-electron chi connectivity index (χ3n) is 4.30. The van der Waals surface area contributed by atoms with E-state index in [0.717, 1.165) is 0 Å². The second kappa shape index (κ2) is 7.97. The van der Waals surface area contributed by atoms with Gasteiger partial charge in [-0.05, 0) is 49.2 Å². The molecule has 0 spiro atoms. The number of carboxylic acids is 1. The van der Waals surface area contributed by atoms with Crippen LogP contribution in [0, 0.1) is 0 Å². The minimum absolute atomic E-state index is 0.121. The predicted octanol–water partition coefficient (Wildman–Crippen LogP) is 2.63. The van der Waals surface area contributed by atoms with Crippen molar-refractivity contribution < 1.29 is 24.2 Å². The highest BCUT2D eigenvalue weighted by Crippen LogP contribution is 2.26. The van der Waals surface area contributed by atoms with Gasteiger partial charge in [-0.25, -0.2) is 0 Å². The second-order valence-corrected chi connectivity index (χ2v) is 6.23. The Morgan fingerprint density at radius 3 is 2.50 bits per heavy atom. The van der Waals surface area contributed by atoms with Gasteiger partial charge in [0.15, 0.2) is 0 Å². The molecule has 7 nitrogen and oxygen atoms in total. The van der Waals surface area contributed by atoms with Crippen molar-refractivity contribution in [2.24, 2.45) is 0 Å². The number of aromatic nitrogens is 1.